The van der Waals surface area contributed by atoms with E-state index in [-0.39, 0.29) is 25.7 Å². The molecule has 0 saturated heterocycles. The minimum atomic E-state index is -0.451. The van der Waals surface area contributed by atoms with E-state index >= 15 is 0 Å². The first-order chi connectivity index (χ1) is 11.8. The van der Waals surface area contributed by atoms with Gasteiger partial charge >= 0.3 is 5.97 Å². The van der Waals surface area contributed by atoms with E-state index in [0.717, 1.165) is 12.2 Å². The first kappa shape index (κ1) is 21.0. The van der Waals surface area contributed by atoms with Gasteiger partial charge in [-0.1, -0.05) is 33.8 Å². The summed E-state index contributed by atoms with van der Waals surface area (Å²) >= 11 is 0. The molecule has 0 aliphatic rings. The van der Waals surface area contributed by atoms with Crippen LogP contribution in [0.5, 0.6) is 5.75 Å². The number of carbonyl (C=O) groups excluding carboxylic acids is 2. The largest absolute Gasteiger partial charge is 0.490 e. The van der Waals surface area contributed by atoms with Crippen LogP contribution in [0.3, 0.4) is 0 Å². The molecule has 1 aromatic rings. The van der Waals surface area contributed by atoms with Gasteiger partial charge in [-0.15, -0.1) is 0 Å². The maximum atomic E-state index is 11.6. The first-order valence-electron chi connectivity index (χ1n) is 8.95. The minimum Gasteiger partial charge on any atom is -0.490 e. The Morgan fingerprint density at radius 1 is 1.12 bits per heavy atom. The van der Waals surface area contributed by atoms with E-state index in [1.165, 1.54) is 11.1 Å². The molecule has 5 heteroatoms. The fourth-order valence-corrected chi connectivity index (χ4v) is 2.43. The van der Waals surface area contributed by atoms with Gasteiger partial charge in [-0.25, -0.2) is 0 Å². The highest BCUT2D eigenvalue weighted by Crippen LogP contribution is 2.23. The van der Waals surface area contributed by atoms with Crippen molar-refractivity contribution >= 4 is 11.9 Å². The monoisotopic (exact) mass is 349 g/mol. The molecule has 1 aromatic carbocycles. The van der Waals surface area contributed by atoms with Gasteiger partial charge in [0.1, 0.15) is 25.5 Å². The lowest BCUT2D eigenvalue weighted by atomic mass is 9.98. The van der Waals surface area contributed by atoms with E-state index in [9.17, 15) is 9.59 Å². The lowest BCUT2D eigenvalue weighted by molar-refractivity contribution is -0.144. The number of carbonyl (C=O) groups is 2. The normalized spacial score (nSPS) is 10.8. The number of ether oxygens (including phenoxy) is 2. The van der Waals surface area contributed by atoms with Crippen LogP contribution in [0.15, 0.2) is 18.2 Å². The van der Waals surface area contributed by atoms with Crippen LogP contribution < -0.4 is 10.1 Å². The van der Waals surface area contributed by atoms with Gasteiger partial charge in [-0.3, -0.25) is 9.59 Å². The van der Waals surface area contributed by atoms with E-state index in [1.807, 2.05) is 12.1 Å². The topological polar surface area (TPSA) is 64.6 Å². The molecule has 0 aromatic heterocycles. The zero-order valence-corrected chi connectivity index (χ0v) is 16.1. The molecule has 0 spiro atoms. The van der Waals surface area contributed by atoms with Crippen LogP contribution in [0, 0.1) is 12.8 Å². The molecule has 0 bridgehead atoms. The molecule has 0 saturated carbocycles. The summed E-state index contributed by atoms with van der Waals surface area (Å²) in [5.74, 6) is 1.13. The minimum absolute atomic E-state index is 0.0981. The molecule has 0 unspecified atom stereocenters. The molecule has 0 heterocycles. The SMILES string of the molecule is Cc1cc(OCCOC(=O)CNC(=O)CCC(C)C)ccc1C(C)C. The van der Waals surface area contributed by atoms with Crippen LogP contribution in [0.1, 0.15) is 57.6 Å². The molecule has 0 aliphatic carbocycles. The second-order valence-corrected chi connectivity index (χ2v) is 6.95. The summed E-state index contributed by atoms with van der Waals surface area (Å²) in [6.45, 7) is 10.8. The highest BCUT2D eigenvalue weighted by Gasteiger charge is 2.08. The number of esters is 1. The zero-order valence-electron chi connectivity index (χ0n) is 16.1. The number of hydrogen-bond acceptors (Lipinski definition) is 4. The maximum Gasteiger partial charge on any atom is 0.325 e. The van der Waals surface area contributed by atoms with Crippen molar-refractivity contribution < 1.29 is 19.1 Å². The van der Waals surface area contributed by atoms with Gasteiger partial charge in [0.05, 0.1) is 0 Å². The van der Waals surface area contributed by atoms with Gasteiger partial charge < -0.3 is 14.8 Å². The molecular weight excluding hydrogens is 318 g/mol. The Bertz CT molecular complexity index is 567. The molecule has 0 aliphatic heterocycles. The fraction of sp³-hybridized carbons (Fsp3) is 0.600. The van der Waals surface area contributed by atoms with Crippen molar-refractivity contribution in [3.8, 4) is 5.75 Å². The lowest BCUT2D eigenvalue weighted by Crippen LogP contribution is -2.31. The Hall–Kier alpha value is -2.04. The molecule has 140 valence electrons. The van der Waals surface area contributed by atoms with Crippen LogP contribution in [0.25, 0.3) is 0 Å². The van der Waals surface area contributed by atoms with Crippen molar-refractivity contribution in [2.75, 3.05) is 19.8 Å². The van der Waals surface area contributed by atoms with Crippen molar-refractivity contribution in [3.63, 3.8) is 0 Å². The van der Waals surface area contributed by atoms with Crippen LogP contribution >= 0.6 is 0 Å². The van der Waals surface area contributed by atoms with Gasteiger partial charge in [0.15, 0.2) is 0 Å². The average Bonchev–Trinajstić information content (AvgIpc) is 2.54. The first-order valence-corrected chi connectivity index (χ1v) is 8.95. The number of rotatable bonds is 10. The quantitative estimate of drug-likeness (QED) is 0.518. The molecule has 1 amide bonds. The number of benzene rings is 1. The number of aryl methyl sites for hydroxylation is 1. The Labute approximate surface area is 151 Å². The average molecular weight is 349 g/mol. The molecule has 0 radical (unpaired) electrons. The van der Waals surface area contributed by atoms with E-state index in [4.69, 9.17) is 9.47 Å². The van der Waals surface area contributed by atoms with Gasteiger partial charge in [0.25, 0.3) is 0 Å². The third kappa shape index (κ3) is 8.57. The number of hydrogen-bond donors (Lipinski definition) is 1. The Balaban J connectivity index is 2.21. The van der Waals surface area contributed by atoms with Crippen molar-refractivity contribution in [2.24, 2.45) is 5.92 Å². The van der Waals surface area contributed by atoms with Crippen LogP contribution in [0.4, 0.5) is 0 Å². The third-order valence-corrected chi connectivity index (χ3v) is 3.86. The standard InChI is InChI=1S/C20H31NO4/c1-14(2)6-9-19(22)21-13-20(23)25-11-10-24-17-7-8-18(15(3)4)16(5)12-17/h7-8,12,14-15H,6,9-11,13H2,1-5H3,(H,21,22). The van der Waals surface area contributed by atoms with Crippen molar-refractivity contribution in [1.82, 2.24) is 5.32 Å². The van der Waals surface area contributed by atoms with Crippen molar-refractivity contribution in [2.45, 2.75) is 53.4 Å². The molecule has 0 fully saturated rings. The zero-order chi connectivity index (χ0) is 18.8. The highest BCUT2D eigenvalue weighted by molar-refractivity contribution is 5.81. The summed E-state index contributed by atoms with van der Waals surface area (Å²) in [7, 11) is 0. The van der Waals surface area contributed by atoms with Crippen LogP contribution in [-0.2, 0) is 14.3 Å². The van der Waals surface area contributed by atoms with E-state index in [1.54, 1.807) is 0 Å². The molecule has 25 heavy (non-hydrogen) atoms. The summed E-state index contributed by atoms with van der Waals surface area (Å²) in [6.07, 6.45) is 1.24. The molecule has 5 nitrogen and oxygen atoms in total. The Morgan fingerprint density at radius 2 is 1.84 bits per heavy atom. The van der Waals surface area contributed by atoms with Crippen LogP contribution in [-0.4, -0.2) is 31.6 Å². The van der Waals surface area contributed by atoms with Gasteiger partial charge in [0.2, 0.25) is 5.91 Å². The smallest absolute Gasteiger partial charge is 0.325 e. The second-order valence-electron chi connectivity index (χ2n) is 6.95. The van der Waals surface area contributed by atoms with Gasteiger partial charge in [-0.2, -0.15) is 0 Å². The molecule has 0 atom stereocenters. The van der Waals surface area contributed by atoms with Crippen LogP contribution in [0.2, 0.25) is 0 Å². The van der Waals surface area contributed by atoms with Crippen molar-refractivity contribution in [3.05, 3.63) is 29.3 Å². The Kier molecular flexibility index (Phi) is 9.03. The van der Waals surface area contributed by atoms with E-state index < -0.39 is 5.97 Å². The lowest BCUT2D eigenvalue weighted by Gasteiger charge is -2.12. The summed E-state index contributed by atoms with van der Waals surface area (Å²) in [5, 5.41) is 2.57. The predicted molar refractivity (Wildman–Crippen MR) is 98.8 cm³/mol. The van der Waals surface area contributed by atoms with Gasteiger partial charge in [-0.05, 0) is 48.4 Å². The molecular formula is C20H31NO4. The van der Waals surface area contributed by atoms with Gasteiger partial charge in [0, 0.05) is 6.42 Å². The number of nitrogens with one attached hydrogen (secondary N) is 1. The summed E-state index contributed by atoms with van der Waals surface area (Å²) < 4.78 is 10.7. The van der Waals surface area contributed by atoms with E-state index in [0.29, 0.717) is 18.3 Å². The summed E-state index contributed by atoms with van der Waals surface area (Å²) in [6, 6.07) is 5.99. The fourth-order valence-electron chi connectivity index (χ4n) is 2.43. The number of amides is 1. The summed E-state index contributed by atoms with van der Waals surface area (Å²) in [4.78, 5) is 23.1. The highest BCUT2D eigenvalue weighted by atomic mass is 16.6. The molecule has 1 rings (SSSR count). The van der Waals surface area contributed by atoms with E-state index in [2.05, 4.69) is 46.0 Å². The third-order valence-electron chi connectivity index (χ3n) is 3.86. The predicted octanol–water partition coefficient (Wildman–Crippen LogP) is 3.59. The van der Waals surface area contributed by atoms with Crippen molar-refractivity contribution in [1.29, 1.82) is 0 Å². The maximum absolute atomic E-state index is 11.6. The Morgan fingerprint density at radius 3 is 2.44 bits per heavy atom. The molecule has 1 N–H and O–H groups in total. The summed E-state index contributed by atoms with van der Waals surface area (Å²) in [5.41, 5.74) is 2.49. The second kappa shape index (κ2) is 10.7.